The van der Waals surface area contributed by atoms with Crippen molar-refractivity contribution in [3.8, 4) is 0 Å². The second-order valence-electron chi connectivity index (χ2n) is 19.1. The van der Waals surface area contributed by atoms with Gasteiger partial charge in [0.15, 0.2) is 0 Å². The summed E-state index contributed by atoms with van der Waals surface area (Å²) < 4.78 is 0. The van der Waals surface area contributed by atoms with E-state index in [1.54, 1.807) is 0 Å². The highest BCUT2D eigenvalue weighted by Crippen LogP contribution is 2.70. The molecule has 0 aliphatic heterocycles. The van der Waals surface area contributed by atoms with Crippen LogP contribution in [0.4, 0.5) is 0 Å². The summed E-state index contributed by atoms with van der Waals surface area (Å²) in [7, 11) is 0. The zero-order valence-corrected chi connectivity index (χ0v) is 33.0. The van der Waals surface area contributed by atoms with Gasteiger partial charge in [-0.1, -0.05) is 151 Å². The first-order valence-electron chi connectivity index (χ1n) is 21.9. The van der Waals surface area contributed by atoms with E-state index < -0.39 is 5.97 Å². The molecule has 48 heavy (non-hydrogen) atoms. The molecule has 3 heteroatoms. The minimum Gasteiger partial charge on any atom is -0.481 e. The summed E-state index contributed by atoms with van der Waals surface area (Å²) in [5.74, 6) is 4.42. The number of carboxylic acids is 1. The standard InChI is InChI=1S/C45H82O3/c1-7-8-9-10-11-12-13-14-15-16-17-18-19-20-24-38(43(47)48)42-32-36(46)31-35-25-26-37-40-28-27-39(34(4)23-21-22-33(2)3)44(40,5)30-29-41(37)45(35,42)6/h33-42,46H,7-32H2,1-6H3,(H,47,48)/t34-,35-,36+,37-,38?,39-,40+,41+,42?,44-,45+/m1/s1. The number of fused-ring (bicyclic) bond motifs is 5. The van der Waals surface area contributed by atoms with Crippen molar-refractivity contribution < 1.29 is 15.0 Å². The molecule has 4 aliphatic carbocycles. The largest absolute Gasteiger partial charge is 0.481 e. The van der Waals surface area contributed by atoms with E-state index >= 15 is 0 Å². The monoisotopic (exact) mass is 671 g/mol. The maximum Gasteiger partial charge on any atom is 0.306 e. The quantitative estimate of drug-likeness (QED) is 0.113. The number of aliphatic hydroxyl groups is 1. The van der Waals surface area contributed by atoms with Crippen LogP contribution in [0.1, 0.15) is 208 Å². The number of carboxylic acid groups (broad SMARTS) is 1. The maximum atomic E-state index is 13.0. The van der Waals surface area contributed by atoms with Gasteiger partial charge in [-0.15, -0.1) is 0 Å². The summed E-state index contributed by atoms with van der Waals surface area (Å²) in [4.78, 5) is 13.0. The first kappa shape index (κ1) is 40.2. The SMILES string of the molecule is CCCCCCCCCCCCCCCCC(C(=O)O)C1C[C@@H](O)C[C@H]2CC[C@@H]3[C@@H]4CC[C@H]([C@H](C)CCCC(C)C)[C@@]4(C)CC[C@@H]3[C@@]12C. The number of carbonyl (C=O) groups is 1. The van der Waals surface area contributed by atoms with Crippen molar-refractivity contribution in [1.82, 2.24) is 0 Å². The van der Waals surface area contributed by atoms with Gasteiger partial charge in [-0.3, -0.25) is 4.79 Å². The van der Waals surface area contributed by atoms with Crippen molar-refractivity contribution in [2.24, 2.45) is 64.1 Å². The first-order valence-corrected chi connectivity index (χ1v) is 21.9. The zero-order valence-electron chi connectivity index (χ0n) is 33.0. The molecule has 4 aliphatic rings. The normalized spacial score (nSPS) is 36.0. The smallest absolute Gasteiger partial charge is 0.306 e. The van der Waals surface area contributed by atoms with Gasteiger partial charge in [0.1, 0.15) is 0 Å². The van der Waals surface area contributed by atoms with E-state index in [1.165, 1.54) is 141 Å². The molecule has 4 fully saturated rings. The summed E-state index contributed by atoms with van der Waals surface area (Å²) >= 11 is 0. The molecule has 0 amide bonds. The Hall–Kier alpha value is -0.570. The molecule has 2 unspecified atom stereocenters. The van der Waals surface area contributed by atoms with Gasteiger partial charge in [0, 0.05) is 0 Å². The lowest BCUT2D eigenvalue weighted by molar-refractivity contribution is -0.180. The number of rotatable bonds is 22. The molecule has 0 radical (unpaired) electrons. The molecule has 2 N–H and O–H groups in total. The van der Waals surface area contributed by atoms with Crippen LogP contribution < -0.4 is 0 Å². The molecule has 11 atom stereocenters. The lowest BCUT2D eigenvalue weighted by atomic mass is 9.41. The fraction of sp³-hybridized carbons (Fsp3) is 0.978. The molecular weight excluding hydrogens is 588 g/mol. The highest BCUT2D eigenvalue weighted by Gasteiger charge is 2.63. The summed E-state index contributed by atoms with van der Waals surface area (Å²) in [6.07, 6.45) is 32.8. The van der Waals surface area contributed by atoms with Crippen LogP contribution in [0.25, 0.3) is 0 Å². The molecular formula is C45H82O3. The Morgan fingerprint density at radius 1 is 0.667 bits per heavy atom. The molecule has 0 spiro atoms. The van der Waals surface area contributed by atoms with Gasteiger partial charge in [-0.25, -0.2) is 0 Å². The van der Waals surface area contributed by atoms with Gasteiger partial charge in [-0.2, -0.15) is 0 Å². The van der Waals surface area contributed by atoms with Gasteiger partial charge >= 0.3 is 5.97 Å². The molecule has 4 saturated carbocycles. The Balaban J connectivity index is 1.30. The molecule has 4 rings (SSSR count). The second kappa shape index (κ2) is 19.3. The van der Waals surface area contributed by atoms with Crippen molar-refractivity contribution >= 4 is 5.97 Å². The van der Waals surface area contributed by atoms with Crippen LogP contribution in [0.5, 0.6) is 0 Å². The summed E-state index contributed by atoms with van der Waals surface area (Å²) in [5, 5.41) is 21.9. The zero-order chi connectivity index (χ0) is 34.7. The molecule has 0 heterocycles. The van der Waals surface area contributed by atoms with Crippen LogP contribution in [-0.4, -0.2) is 22.3 Å². The summed E-state index contributed by atoms with van der Waals surface area (Å²) in [6.45, 7) is 14.8. The molecule has 3 nitrogen and oxygen atoms in total. The third-order valence-corrected chi connectivity index (χ3v) is 15.7. The van der Waals surface area contributed by atoms with Gasteiger partial charge < -0.3 is 10.2 Å². The molecule has 0 aromatic heterocycles. The van der Waals surface area contributed by atoms with Crippen molar-refractivity contribution in [2.45, 2.75) is 215 Å². The molecule has 0 aromatic rings. The van der Waals surface area contributed by atoms with Gasteiger partial charge in [0.05, 0.1) is 12.0 Å². The van der Waals surface area contributed by atoms with Gasteiger partial charge in [0.2, 0.25) is 0 Å². The molecule has 0 saturated heterocycles. The Morgan fingerprint density at radius 2 is 1.27 bits per heavy atom. The van der Waals surface area contributed by atoms with E-state index in [2.05, 4.69) is 41.5 Å². The van der Waals surface area contributed by atoms with E-state index in [0.29, 0.717) is 23.7 Å². The average Bonchev–Trinajstić information content (AvgIpc) is 3.40. The van der Waals surface area contributed by atoms with Crippen molar-refractivity contribution in [3.63, 3.8) is 0 Å². The van der Waals surface area contributed by atoms with Gasteiger partial charge in [0.25, 0.3) is 0 Å². The summed E-state index contributed by atoms with van der Waals surface area (Å²) in [5.41, 5.74) is 0.523. The van der Waals surface area contributed by atoms with E-state index in [-0.39, 0.29) is 23.4 Å². The minimum absolute atomic E-state index is 0.0590. The third kappa shape index (κ3) is 9.85. The number of aliphatic hydroxyl groups excluding tert-OH is 1. The average molecular weight is 671 g/mol. The third-order valence-electron chi connectivity index (χ3n) is 15.7. The van der Waals surface area contributed by atoms with Crippen molar-refractivity contribution in [1.29, 1.82) is 0 Å². The van der Waals surface area contributed by atoms with Crippen LogP contribution >= 0.6 is 0 Å². The number of hydrogen-bond donors (Lipinski definition) is 2. The van der Waals surface area contributed by atoms with Crippen LogP contribution in [0.15, 0.2) is 0 Å². The Morgan fingerprint density at radius 3 is 1.85 bits per heavy atom. The molecule has 0 aromatic carbocycles. The fourth-order valence-electron chi connectivity index (χ4n) is 13.1. The lowest BCUT2D eigenvalue weighted by Crippen LogP contribution is -2.59. The number of unbranched alkanes of at least 4 members (excludes halogenated alkanes) is 13. The summed E-state index contributed by atoms with van der Waals surface area (Å²) in [6, 6.07) is 0. The van der Waals surface area contributed by atoms with Crippen molar-refractivity contribution in [2.75, 3.05) is 0 Å². The predicted octanol–water partition coefficient (Wildman–Crippen LogP) is 13.3. The molecule has 280 valence electrons. The Labute approximate surface area is 299 Å². The van der Waals surface area contributed by atoms with E-state index in [0.717, 1.165) is 48.9 Å². The fourth-order valence-corrected chi connectivity index (χ4v) is 13.1. The van der Waals surface area contributed by atoms with Gasteiger partial charge in [-0.05, 0) is 116 Å². The maximum absolute atomic E-state index is 13.0. The van der Waals surface area contributed by atoms with Crippen LogP contribution in [-0.2, 0) is 4.79 Å². The van der Waals surface area contributed by atoms with E-state index in [4.69, 9.17) is 0 Å². The highest BCUT2D eigenvalue weighted by atomic mass is 16.4. The highest BCUT2D eigenvalue weighted by molar-refractivity contribution is 5.70. The van der Waals surface area contributed by atoms with Crippen molar-refractivity contribution in [3.05, 3.63) is 0 Å². The van der Waals surface area contributed by atoms with Crippen LogP contribution in [0.2, 0.25) is 0 Å². The first-order chi connectivity index (χ1) is 23.0. The Kier molecular flexibility index (Phi) is 16.2. The number of aliphatic carboxylic acids is 1. The van der Waals surface area contributed by atoms with E-state index in [9.17, 15) is 15.0 Å². The lowest BCUT2D eigenvalue weighted by Gasteiger charge is -2.64. The Bertz CT molecular complexity index is 929. The predicted molar refractivity (Wildman–Crippen MR) is 204 cm³/mol. The molecule has 0 bridgehead atoms. The van der Waals surface area contributed by atoms with Crippen LogP contribution in [0.3, 0.4) is 0 Å². The van der Waals surface area contributed by atoms with E-state index in [1.807, 2.05) is 0 Å². The second-order valence-corrected chi connectivity index (χ2v) is 19.1. The minimum atomic E-state index is -0.581. The van der Waals surface area contributed by atoms with Crippen LogP contribution in [0, 0.1) is 64.1 Å². The topological polar surface area (TPSA) is 57.5 Å². The number of hydrogen-bond acceptors (Lipinski definition) is 2.